The summed E-state index contributed by atoms with van der Waals surface area (Å²) in [4.78, 5) is 40.1. The van der Waals surface area contributed by atoms with Gasteiger partial charge in [-0.15, -0.1) is 11.8 Å². The van der Waals surface area contributed by atoms with E-state index in [2.05, 4.69) is 50.3 Å². The minimum absolute atomic E-state index is 0.0493. The first-order valence-corrected chi connectivity index (χ1v) is 21.6. The van der Waals surface area contributed by atoms with Crippen molar-refractivity contribution in [2.75, 3.05) is 81.8 Å². The van der Waals surface area contributed by atoms with Crippen molar-refractivity contribution in [3.8, 4) is 11.3 Å². The fourth-order valence-electron chi connectivity index (χ4n) is 7.00. The standard InChI is InChI=1S/C43H50N8O5S2/c1-47(2)24-22-34(30-57-37-10-6-5-7-11-37)46-38-20-21-39(58(44,55)56)40(42(38)51(53)54)43(52)32-14-18-36(19-15-32)50-27-25-49(26-28-50)29-33-9-8-23-45-41(33)31-12-16-35(17-13-31)48(3)4/h5-21,23,34,46H,22,24-30H2,1-4H3,(H2,44,55,56)/t34-/m1/s1. The molecule has 0 bridgehead atoms. The van der Waals surface area contributed by atoms with E-state index in [4.69, 9.17) is 10.1 Å². The van der Waals surface area contributed by atoms with Gasteiger partial charge in [-0.1, -0.05) is 36.4 Å². The number of nitrogens with one attached hydrogen (secondary N) is 1. The Morgan fingerprint density at radius 2 is 1.60 bits per heavy atom. The minimum Gasteiger partial charge on any atom is -0.378 e. The normalized spacial score (nSPS) is 14.0. The third-order valence-corrected chi connectivity index (χ3v) is 12.3. The molecule has 1 atom stereocenters. The largest absolute Gasteiger partial charge is 0.378 e. The van der Waals surface area contributed by atoms with Crippen LogP contribution in [-0.2, 0) is 16.6 Å². The molecule has 0 aliphatic carbocycles. The van der Waals surface area contributed by atoms with Crippen LogP contribution in [0.4, 0.5) is 22.7 Å². The Balaban J connectivity index is 1.18. The van der Waals surface area contributed by atoms with E-state index in [-0.39, 0.29) is 17.3 Å². The Morgan fingerprint density at radius 3 is 2.22 bits per heavy atom. The van der Waals surface area contributed by atoms with Gasteiger partial charge in [-0.05, 0) is 99.4 Å². The van der Waals surface area contributed by atoms with Crippen LogP contribution in [0.25, 0.3) is 11.3 Å². The van der Waals surface area contributed by atoms with Crippen molar-refractivity contribution in [2.45, 2.75) is 28.8 Å². The van der Waals surface area contributed by atoms with Crippen molar-refractivity contribution < 1.29 is 18.1 Å². The van der Waals surface area contributed by atoms with E-state index >= 15 is 0 Å². The number of rotatable bonds is 17. The first-order valence-electron chi connectivity index (χ1n) is 19.1. The van der Waals surface area contributed by atoms with E-state index in [0.29, 0.717) is 18.7 Å². The highest BCUT2D eigenvalue weighted by Gasteiger charge is 2.34. The number of pyridine rings is 1. The molecule has 6 rings (SSSR count). The summed E-state index contributed by atoms with van der Waals surface area (Å²) in [6.45, 7) is 4.54. The zero-order chi connectivity index (χ0) is 41.4. The maximum Gasteiger partial charge on any atom is 0.304 e. The van der Waals surface area contributed by atoms with Crippen molar-refractivity contribution in [3.05, 3.63) is 136 Å². The maximum absolute atomic E-state index is 14.2. The lowest BCUT2D eigenvalue weighted by Crippen LogP contribution is -2.46. The number of aromatic nitrogens is 1. The number of primary sulfonamides is 1. The number of anilines is 3. The number of thioether (sulfide) groups is 1. The van der Waals surface area contributed by atoms with Gasteiger partial charge in [0.1, 0.15) is 16.1 Å². The summed E-state index contributed by atoms with van der Waals surface area (Å²) >= 11 is 1.60. The van der Waals surface area contributed by atoms with Crippen LogP contribution in [0.2, 0.25) is 0 Å². The van der Waals surface area contributed by atoms with Crippen LogP contribution in [0.5, 0.6) is 0 Å². The molecule has 0 amide bonds. The van der Waals surface area contributed by atoms with Gasteiger partial charge in [0.2, 0.25) is 15.8 Å². The Labute approximate surface area is 345 Å². The van der Waals surface area contributed by atoms with E-state index in [0.717, 1.165) is 65.8 Å². The molecule has 5 aromatic rings. The molecule has 13 nitrogen and oxygen atoms in total. The van der Waals surface area contributed by atoms with Crippen molar-refractivity contribution in [2.24, 2.45) is 5.14 Å². The SMILES string of the molecule is CN(C)CC[C@H](CSc1ccccc1)Nc1ccc(S(N)(=O)=O)c(C(=O)c2ccc(N3CCN(Cc4cccnc4-c4ccc(N(C)C)cc4)CC3)cc2)c1[N+](=O)[O-]. The molecular weight excluding hydrogens is 773 g/mol. The molecule has 0 spiro atoms. The van der Waals surface area contributed by atoms with E-state index in [1.807, 2.05) is 75.7 Å². The highest BCUT2D eigenvalue weighted by atomic mass is 32.2. The van der Waals surface area contributed by atoms with Crippen LogP contribution < -0.4 is 20.3 Å². The van der Waals surface area contributed by atoms with E-state index in [9.17, 15) is 23.3 Å². The quantitative estimate of drug-likeness (QED) is 0.0458. The van der Waals surface area contributed by atoms with Crippen molar-refractivity contribution in [3.63, 3.8) is 0 Å². The number of hydrogen-bond acceptors (Lipinski definition) is 12. The lowest BCUT2D eigenvalue weighted by molar-refractivity contribution is -0.384. The third kappa shape index (κ3) is 10.6. The molecule has 15 heteroatoms. The molecule has 1 aliphatic rings. The highest BCUT2D eigenvalue weighted by Crippen LogP contribution is 2.37. The predicted octanol–water partition coefficient (Wildman–Crippen LogP) is 6.45. The number of carbonyl (C=O) groups excluding carboxylic acids is 1. The summed E-state index contributed by atoms with van der Waals surface area (Å²) < 4.78 is 25.6. The Kier molecular flexibility index (Phi) is 13.8. The fourth-order valence-corrected chi connectivity index (χ4v) is 8.72. The summed E-state index contributed by atoms with van der Waals surface area (Å²) in [5.74, 6) is -0.232. The second kappa shape index (κ2) is 19.0. The molecule has 0 radical (unpaired) electrons. The number of nitrogens with zero attached hydrogens (tertiary/aromatic N) is 6. The minimum atomic E-state index is -4.51. The predicted molar refractivity (Wildman–Crippen MR) is 234 cm³/mol. The molecule has 1 fully saturated rings. The lowest BCUT2D eigenvalue weighted by atomic mass is 9.99. The van der Waals surface area contributed by atoms with Gasteiger partial charge in [-0.2, -0.15) is 0 Å². The second-order valence-electron chi connectivity index (χ2n) is 14.8. The van der Waals surface area contributed by atoms with Crippen LogP contribution in [0.3, 0.4) is 0 Å². The van der Waals surface area contributed by atoms with Gasteiger partial charge in [0, 0.05) is 92.2 Å². The Hall–Kier alpha value is -5.32. The molecule has 1 aromatic heterocycles. The number of carbonyl (C=O) groups is 1. The zero-order valence-corrected chi connectivity index (χ0v) is 34.9. The van der Waals surface area contributed by atoms with Gasteiger partial charge in [-0.25, -0.2) is 13.6 Å². The molecule has 0 unspecified atom stereocenters. The monoisotopic (exact) mass is 822 g/mol. The van der Waals surface area contributed by atoms with Crippen LogP contribution in [0, 0.1) is 10.1 Å². The molecule has 4 aromatic carbocycles. The summed E-state index contributed by atoms with van der Waals surface area (Å²) in [7, 11) is 3.41. The molecule has 1 saturated heterocycles. The van der Waals surface area contributed by atoms with Crippen LogP contribution in [0.1, 0.15) is 27.9 Å². The van der Waals surface area contributed by atoms with Gasteiger partial charge in [0.25, 0.3) is 0 Å². The highest BCUT2D eigenvalue weighted by molar-refractivity contribution is 7.99. The smallest absolute Gasteiger partial charge is 0.304 e. The average Bonchev–Trinajstić information content (AvgIpc) is 3.21. The molecule has 3 N–H and O–H groups in total. The Bertz CT molecular complexity index is 2300. The number of piperazine rings is 1. The maximum atomic E-state index is 14.2. The van der Waals surface area contributed by atoms with Crippen LogP contribution in [-0.4, -0.2) is 107 Å². The van der Waals surface area contributed by atoms with Gasteiger partial charge in [0.15, 0.2) is 0 Å². The van der Waals surface area contributed by atoms with Gasteiger partial charge >= 0.3 is 5.69 Å². The number of nitro groups is 1. The molecule has 0 saturated carbocycles. The Morgan fingerprint density at radius 1 is 0.914 bits per heavy atom. The number of ketones is 1. The number of hydrogen-bond donors (Lipinski definition) is 2. The van der Waals surface area contributed by atoms with E-state index in [1.165, 1.54) is 12.1 Å². The summed E-state index contributed by atoms with van der Waals surface area (Å²) in [5, 5.41) is 21.6. The average molecular weight is 823 g/mol. The number of sulfonamides is 1. The molecule has 58 heavy (non-hydrogen) atoms. The second-order valence-corrected chi connectivity index (χ2v) is 17.4. The molecular formula is C43H50N8O5S2. The summed E-state index contributed by atoms with van der Waals surface area (Å²) in [5.41, 5.74) is 4.17. The van der Waals surface area contributed by atoms with Crippen LogP contribution in [0.15, 0.2) is 119 Å². The van der Waals surface area contributed by atoms with E-state index < -0.39 is 36.9 Å². The summed E-state index contributed by atoms with van der Waals surface area (Å²) in [6.07, 6.45) is 2.46. The first-order chi connectivity index (χ1) is 27.8. The van der Waals surface area contributed by atoms with Gasteiger partial charge in [-0.3, -0.25) is 24.8 Å². The van der Waals surface area contributed by atoms with Crippen molar-refractivity contribution >= 4 is 50.3 Å². The van der Waals surface area contributed by atoms with Crippen molar-refractivity contribution in [1.29, 1.82) is 0 Å². The number of benzene rings is 4. The van der Waals surface area contributed by atoms with E-state index in [1.54, 1.807) is 36.0 Å². The third-order valence-electron chi connectivity index (χ3n) is 10.1. The van der Waals surface area contributed by atoms with Crippen LogP contribution >= 0.6 is 11.8 Å². The number of nitrogens with two attached hydrogens (primary N) is 1. The molecule has 2 heterocycles. The lowest BCUT2D eigenvalue weighted by Gasteiger charge is -2.36. The summed E-state index contributed by atoms with van der Waals surface area (Å²) in [6, 6.07) is 31.3. The number of nitro benzene ring substituents is 1. The topological polar surface area (TPSA) is 158 Å². The molecule has 304 valence electrons. The first kappa shape index (κ1) is 42.3. The van der Waals surface area contributed by atoms with Gasteiger partial charge in [0.05, 0.1) is 10.6 Å². The fraction of sp³-hybridized carbons (Fsp3) is 0.302. The van der Waals surface area contributed by atoms with Gasteiger partial charge < -0.3 is 20.0 Å². The zero-order valence-electron chi connectivity index (χ0n) is 33.2. The van der Waals surface area contributed by atoms with Crippen molar-refractivity contribution in [1.82, 2.24) is 14.8 Å². The molecule has 1 aliphatic heterocycles.